The highest BCUT2D eigenvalue weighted by Crippen LogP contribution is 2.37. The summed E-state index contributed by atoms with van der Waals surface area (Å²) in [6.45, 7) is 3.37. The van der Waals surface area contributed by atoms with Gasteiger partial charge in [0.05, 0.1) is 0 Å². The zero-order valence-electron chi connectivity index (χ0n) is 23.0. The SMILES string of the molecule is CCN(C(=O)C(CCC(=O)O)NC(=O)C(Cc1ccc(OP(=O)(O)O)cc1)NC(C)=O)c1cccc2c1CCCC2. The Morgan fingerprint density at radius 3 is 2.29 bits per heavy atom. The maximum Gasteiger partial charge on any atom is 0.524 e. The van der Waals surface area contributed by atoms with Gasteiger partial charge in [0.25, 0.3) is 0 Å². The highest BCUT2D eigenvalue weighted by Gasteiger charge is 2.31. The van der Waals surface area contributed by atoms with Crippen molar-refractivity contribution >= 4 is 37.2 Å². The molecule has 1 aliphatic rings. The number of hydrogen-bond donors (Lipinski definition) is 5. The Hall–Kier alpha value is -3.73. The van der Waals surface area contributed by atoms with Crippen LogP contribution in [-0.2, 0) is 43.0 Å². The number of benzene rings is 2. The summed E-state index contributed by atoms with van der Waals surface area (Å²) >= 11 is 0. The predicted octanol–water partition coefficient (Wildman–Crippen LogP) is 2.49. The highest BCUT2D eigenvalue weighted by atomic mass is 31.2. The Morgan fingerprint density at radius 1 is 1.00 bits per heavy atom. The molecular formula is C28H36N3O9P. The van der Waals surface area contributed by atoms with Gasteiger partial charge in [0.1, 0.15) is 17.8 Å². The summed E-state index contributed by atoms with van der Waals surface area (Å²) in [4.78, 5) is 70.1. The number of fused-ring (bicyclic) bond motifs is 1. The van der Waals surface area contributed by atoms with Crippen LogP contribution in [0.15, 0.2) is 42.5 Å². The second-order valence-electron chi connectivity index (χ2n) is 9.88. The molecule has 2 unspecified atom stereocenters. The minimum Gasteiger partial charge on any atom is -0.481 e. The molecule has 13 heteroatoms. The van der Waals surface area contributed by atoms with Gasteiger partial charge in [-0.25, -0.2) is 4.57 Å². The van der Waals surface area contributed by atoms with Crippen LogP contribution in [-0.4, -0.2) is 57.2 Å². The number of carbonyl (C=O) groups excluding carboxylic acids is 3. The van der Waals surface area contributed by atoms with Gasteiger partial charge in [0.15, 0.2) is 0 Å². The quantitative estimate of drug-likeness (QED) is 0.219. The Morgan fingerprint density at radius 2 is 1.68 bits per heavy atom. The van der Waals surface area contributed by atoms with Crippen molar-refractivity contribution < 1.29 is 43.2 Å². The van der Waals surface area contributed by atoms with E-state index in [0.29, 0.717) is 12.1 Å². The van der Waals surface area contributed by atoms with Crippen LogP contribution >= 0.6 is 7.82 Å². The summed E-state index contributed by atoms with van der Waals surface area (Å²) in [5, 5.41) is 14.5. The van der Waals surface area contributed by atoms with Crippen molar-refractivity contribution in [3.8, 4) is 5.75 Å². The van der Waals surface area contributed by atoms with E-state index in [9.17, 15) is 28.8 Å². The number of phosphoric ester groups is 1. The predicted molar refractivity (Wildman–Crippen MR) is 150 cm³/mol. The van der Waals surface area contributed by atoms with Gasteiger partial charge in [0.2, 0.25) is 17.7 Å². The van der Waals surface area contributed by atoms with Crippen LogP contribution in [0.5, 0.6) is 5.75 Å². The molecule has 0 aliphatic heterocycles. The van der Waals surface area contributed by atoms with Crippen LogP contribution in [0.2, 0.25) is 0 Å². The smallest absolute Gasteiger partial charge is 0.481 e. The molecule has 0 heterocycles. The van der Waals surface area contributed by atoms with Crippen molar-refractivity contribution in [2.24, 2.45) is 0 Å². The number of aryl methyl sites for hydroxylation is 1. The average molecular weight is 590 g/mol. The van der Waals surface area contributed by atoms with E-state index in [-0.39, 0.29) is 25.0 Å². The second kappa shape index (κ2) is 14.2. The normalized spacial score (nSPS) is 14.2. The van der Waals surface area contributed by atoms with Crippen molar-refractivity contribution in [3.63, 3.8) is 0 Å². The minimum absolute atomic E-state index is 0.00880. The number of carboxylic acid groups (broad SMARTS) is 1. The van der Waals surface area contributed by atoms with E-state index in [1.165, 1.54) is 36.8 Å². The maximum atomic E-state index is 13.8. The number of amides is 3. The third kappa shape index (κ3) is 9.41. The lowest BCUT2D eigenvalue weighted by Crippen LogP contribution is -2.55. The second-order valence-corrected chi connectivity index (χ2v) is 11.0. The summed E-state index contributed by atoms with van der Waals surface area (Å²) in [7, 11) is -4.74. The van der Waals surface area contributed by atoms with Gasteiger partial charge in [-0.2, -0.15) is 0 Å². The lowest BCUT2D eigenvalue weighted by Gasteiger charge is -2.31. The molecule has 0 fully saturated rings. The van der Waals surface area contributed by atoms with Crippen LogP contribution < -0.4 is 20.1 Å². The van der Waals surface area contributed by atoms with Crippen molar-refractivity contribution in [2.75, 3.05) is 11.4 Å². The van der Waals surface area contributed by atoms with Crippen LogP contribution in [0.4, 0.5) is 5.69 Å². The third-order valence-electron chi connectivity index (χ3n) is 6.79. The molecule has 41 heavy (non-hydrogen) atoms. The Bertz CT molecular complexity index is 1310. The van der Waals surface area contributed by atoms with E-state index < -0.39 is 43.6 Å². The lowest BCUT2D eigenvalue weighted by molar-refractivity contribution is -0.138. The van der Waals surface area contributed by atoms with Crippen molar-refractivity contribution in [2.45, 2.75) is 70.9 Å². The van der Waals surface area contributed by atoms with Gasteiger partial charge in [0, 0.05) is 32.0 Å². The molecule has 1 aliphatic carbocycles. The first-order valence-electron chi connectivity index (χ1n) is 13.4. The number of nitrogens with one attached hydrogen (secondary N) is 2. The topological polar surface area (TPSA) is 183 Å². The molecule has 0 spiro atoms. The third-order valence-corrected chi connectivity index (χ3v) is 7.24. The lowest BCUT2D eigenvalue weighted by atomic mass is 9.90. The molecule has 2 aromatic rings. The van der Waals surface area contributed by atoms with E-state index in [2.05, 4.69) is 15.2 Å². The first kappa shape index (κ1) is 31.8. The number of anilines is 1. The summed E-state index contributed by atoms with van der Waals surface area (Å²) < 4.78 is 15.6. The number of phosphoric acid groups is 1. The Balaban J connectivity index is 1.83. The first-order chi connectivity index (χ1) is 19.4. The molecule has 3 rings (SSSR count). The number of aliphatic carboxylic acids is 1. The fourth-order valence-corrected chi connectivity index (χ4v) is 5.35. The van der Waals surface area contributed by atoms with E-state index in [4.69, 9.17) is 9.79 Å². The fraction of sp³-hybridized carbons (Fsp3) is 0.429. The highest BCUT2D eigenvalue weighted by molar-refractivity contribution is 7.46. The van der Waals surface area contributed by atoms with Crippen molar-refractivity contribution in [3.05, 3.63) is 59.2 Å². The summed E-state index contributed by atoms with van der Waals surface area (Å²) in [6, 6.07) is 9.13. The van der Waals surface area contributed by atoms with Crippen LogP contribution in [0.3, 0.4) is 0 Å². The molecule has 0 radical (unpaired) electrons. The van der Waals surface area contributed by atoms with Gasteiger partial charge in [-0.05, 0) is 73.9 Å². The zero-order chi connectivity index (χ0) is 30.2. The molecule has 222 valence electrons. The van der Waals surface area contributed by atoms with Gasteiger partial charge < -0.3 is 25.2 Å². The monoisotopic (exact) mass is 589 g/mol. The van der Waals surface area contributed by atoms with Gasteiger partial charge in [-0.1, -0.05) is 24.3 Å². The molecular weight excluding hydrogens is 553 g/mol. The van der Waals surface area contributed by atoms with E-state index in [1.54, 1.807) is 4.90 Å². The van der Waals surface area contributed by atoms with Gasteiger partial charge in [-0.15, -0.1) is 0 Å². The number of likely N-dealkylation sites (N-methyl/N-ethyl adjacent to an activating group) is 1. The fourth-order valence-electron chi connectivity index (χ4n) is 4.96. The Kier molecular flexibility index (Phi) is 11.0. The maximum absolute atomic E-state index is 13.8. The van der Waals surface area contributed by atoms with Crippen LogP contribution in [0, 0.1) is 0 Å². The standard InChI is InChI=1S/C28H36N3O9P/c1-3-31(25-10-6-8-20-7-4-5-9-22(20)25)28(36)23(15-16-26(33)34)30-27(35)24(29-18(2)32)17-19-11-13-21(14-12-19)40-41(37,38)39/h6,8,10-14,23-24H,3-5,7,9,15-17H2,1-2H3,(H,29,32)(H,30,35)(H,33,34)(H2,37,38,39). The first-order valence-corrected chi connectivity index (χ1v) is 15.0. The number of rotatable bonds is 13. The van der Waals surface area contributed by atoms with E-state index >= 15 is 0 Å². The Labute approximate surface area is 238 Å². The molecule has 2 aromatic carbocycles. The molecule has 0 saturated heterocycles. The summed E-state index contributed by atoms with van der Waals surface area (Å²) in [6.07, 6.45) is 3.30. The van der Waals surface area contributed by atoms with Crippen molar-refractivity contribution in [1.82, 2.24) is 10.6 Å². The molecule has 0 saturated carbocycles. The molecule has 0 bridgehead atoms. The minimum atomic E-state index is -4.74. The molecule has 0 aromatic heterocycles. The molecule has 5 N–H and O–H groups in total. The van der Waals surface area contributed by atoms with E-state index in [0.717, 1.165) is 36.9 Å². The van der Waals surface area contributed by atoms with Gasteiger partial charge in [-0.3, -0.25) is 29.0 Å². The van der Waals surface area contributed by atoms with E-state index in [1.807, 2.05) is 25.1 Å². The number of nitrogens with zero attached hydrogens (tertiary/aromatic N) is 1. The van der Waals surface area contributed by atoms with Crippen molar-refractivity contribution in [1.29, 1.82) is 0 Å². The summed E-state index contributed by atoms with van der Waals surface area (Å²) in [5.41, 5.74) is 3.55. The summed E-state index contributed by atoms with van der Waals surface area (Å²) in [5.74, 6) is -2.81. The van der Waals surface area contributed by atoms with Crippen LogP contribution in [0.25, 0.3) is 0 Å². The number of hydrogen-bond acceptors (Lipinski definition) is 6. The van der Waals surface area contributed by atoms with Crippen LogP contribution in [0.1, 0.15) is 56.2 Å². The molecule has 2 atom stereocenters. The molecule has 3 amide bonds. The largest absolute Gasteiger partial charge is 0.524 e. The molecule has 12 nitrogen and oxygen atoms in total. The number of carbonyl (C=O) groups is 4. The zero-order valence-corrected chi connectivity index (χ0v) is 23.9. The number of carboxylic acids is 1. The average Bonchev–Trinajstić information content (AvgIpc) is 2.91. The van der Waals surface area contributed by atoms with Gasteiger partial charge >= 0.3 is 13.8 Å².